The van der Waals surface area contributed by atoms with Gasteiger partial charge in [0.25, 0.3) is 0 Å². The molecule has 1 fully saturated rings. The monoisotopic (exact) mass is 281 g/mol. The highest BCUT2D eigenvalue weighted by Crippen LogP contribution is 2.39. The van der Waals surface area contributed by atoms with Crippen molar-refractivity contribution in [1.82, 2.24) is 9.55 Å². The topological polar surface area (TPSA) is 57.0 Å². The van der Waals surface area contributed by atoms with Crippen molar-refractivity contribution < 1.29 is 4.42 Å². The third-order valence-electron chi connectivity index (χ3n) is 4.15. The van der Waals surface area contributed by atoms with Gasteiger partial charge in [0.15, 0.2) is 0 Å². The summed E-state index contributed by atoms with van der Waals surface area (Å²) < 4.78 is 7.84. The molecule has 0 radical (unpaired) electrons. The highest BCUT2D eigenvalue weighted by molar-refractivity contribution is 5.77. The maximum absolute atomic E-state index is 5.73. The molecule has 21 heavy (non-hydrogen) atoms. The van der Waals surface area contributed by atoms with Crippen LogP contribution in [-0.2, 0) is 19.4 Å². The number of rotatable bonds is 5. The van der Waals surface area contributed by atoms with Gasteiger partial charge in [0, 0.05) is 25.4 Å². The van der Waals surface area contributed by atoms with E-state index in [-0.39, 0.29) is 0 Å². The summed E-state index contributed by atoms with van der Waals surface area (Å²) in [6.07, 6.45) is 6.06. The lowest BCUT2D eigenvalue weighted by atomic mass is 10.2. The van der Waals surface area contributed by atoms with Gasteiger partial charge in [-0.15, -0.1) is 0 Å². The van der Waals surface area contributed by atoms with Gasteiger partial charge in [-0.25, -0.2) is 4.98 Å². The molecule has 2 heterocycles. The molecule has 2 N–H and O–H groups in total. The van der Waals surface area contributed by atoms with Crippen molar-refractivity contribution in [3.05, 3.63) is 53.7 Å². The van der Waals surface area contributed by atoms with Crippen LogP contribution in [0, 0.1) is 0 Å². The van der Waals surface area contributed by atoms with Crippen molar-refractivity contribution in [2.24, 2.45) is 5.73 Å². The summed E-state index contributed by atoms with van der Waals surface area (Å²) in [6.45, 7) is 0.563. The Morgan fingerprint density at radius 1 is 1.24 bits per heavy atom. The first kappa shape index (κ1) is 12.7. The average molecular weight is 281 g/mol. The van der Waals surface area contributed by atoms with Crippen molar-refractivity contribution in [2.75, 3.05) is 0 Å². The lowest BCUT2D eigenvalue weighted by Gasteiger charge is -2.07. The normalized spacial score (nSPS) is 14.9. The van der Waals surface area contributed by atoms with E-state index in [1.54, 1.807) is 6.26 Å². The van der Waals surface area contributed by atoms with Crippen LogP contribution in [0.4, 0.5) is 0 Å². The number of furan rings is 1. The third kappa shape index (κ3) is 2.36. The number of benzene rings is 1. The number of aromatic nitrogens is 2. The average Bonchev–Trinajstić information content (AvgIpc) is 3.09. The van der Waals surface area contributed by atoms with Crippen LogP contribution < -0.4 is 5.73 Å². The fraction of sp³-hybridized carbons (Fsp3) is 0.353. The molecule has 3 aromatic rings. The molecule has 4 heteroatoms. The van der Waals surface area contributed by atoms with E-state index in [1.165, 1.54) is 18.4 Å². The predicted octanol–water partition coefficient (Wildman–Crippen LogP) is 3.21. The van der Waals surface area contributed by atoms with Gasteiger partial charge in [0.2, 0.25) is 0 Å². The number of aryl methyl sites for hydroxylation is 2. The Morgan fingerprint density at radius 3 is 2.86 bits per heavy atom. The van der Waals surface area contributed by atoms with Crippen LogP contribution in [-0.4, -0.2) is 9.55 Å². The summed E-state index contributed by atoms with van der Waals surface area (Å²) in [4.78, 5) is 4.85. The zero-order valence-corrected chi connectivity index (χ0v) is 12.0. The zero-order valence-electron chi connectivity index (χ0n) is 12.0. The van der Waals surface area contributed by atoms with E-state index in [0.717, 1.165) is 35.5 Å². The summed E-state index contributed by atoms with van der Waals surface area (Å²) in [5, 5.41) is 0. The minimum atomic E-state index is 0.563. The van der Waals surface area contributed by atoms with Gasteiger partial charge < -0.3 is 14.7 Å². The lowest BCUT2D eigenvalue weighted by Crippen LogP contribution is -2.03. The van der Waals surface area contributed by atoms with Crippen LogP contribution in [0.15, 0.2) is 41.0 Å². The van der Waals surface area contributed by atoms with Gasteiger partial charge in [0.1, 0.15) is 11.6 Å². The van der Waals surface area contributed by atoms with E-state index in [4.69, 9.17) is 15.1 Å². The van der Waals surface area contributed by atoms with E-state index in [9.17, 15) is 0 Å². The third-order valence-corrected chi connectivity index (χ3v) is 4.15. The van der Waals surface area contributed by atoms with Crippen LogP contribution in [0.5, 0.6) is 0 Å². The largest absolute Gasteiger partial charge is 0.469 e. The van der Waals surface area contributed by atoms with Gasteiger partial charge in [-0.2, -0.15) is 0 Å². The molecule has 0 atom stereocenters. The number of imidazole rings is 1. The molecular weight excluding hydrogens is 262 g/mol. The lowest BCUT2D eigenvalue weighted by molar-refractivity contribution is 0.504. The first-order valence-electron chi connectivity index (χ1n) is 7.57. The summed E-state index contributed by atoms with van der Waals surface area (Å²) >= 11 is 0. The molecule has 0 spiro atoms. The Kier molecular flexibility index (Phi) is 3.04. The van der Waals surface area contributed by atoms with E-state index in [0.29, 0.717) is 12.6 Å². The van der Waals surface area contributed by atoms with E-state index in [2.05, 4.69) is 22.8 Å². The molecule has 0 amide bonds. The Morgan fingerprint density at radius 2 is 2.14 bits per heavy atom. The Labute approximate surface area is 123 Å². The van der Waals surface area contributed by atoms with Crippen LogP contribution in [0.3, 0.4) is 0 Å². The summed E-state index contributed by atoms with van der Waals surface area (Å²) in [5.41, 5.74) is 9.18. The fourth-order valence-electron chi connectivity index (χ4n) is 2.93. The number of nitrogens with zero attached hydrogens (tertiary/aromatic N) is 2. The maximum atomic E-state index is 5.73. The molecule has 1 aliphatic carbocycles. The van der Waals surface area contributed by atoms with Crippen LogP contribution in [0.25, 0.3) is 11.0 Å². The molecule has 0 saturated heterocycles. The number of hydrogen-bond donors (Lipinski definition) is 1. The molecule has 4 rings (SSSR count). The Hall–Kier alpha value is -2.07. The quantitative estimate of drug-likeness (QED) is 0.781. The van der Waals surface area contributed by atoms with Crippen molar-refractivity contribution in [2.45, 2.75) is 38.3 Å². The number of nitrogens with two attached hydrogens (primary N) is 1. The molecule has 108 valence electrons. The second kappa shape index (κ2) is 5.04. The standard InChI is InChI=1S/C17H19N3O/c18-11-12-3-7-16-15(10-12)19-17(20(16)13-4-5-13)8-6-14-2-1-9-21-14/h1-3,7,9-10,13H,4-6,8,11,18H2. The van der Waals surface area contributed by atoms with Gasteiger partial charge >= 0.3 is 0 Å². The van der Waals surface area contributed by atoms with Crippen molar-refractivity contribution in [3.63, 3.8) is 0 Å². The number of hydrogen-bond acceptors (Lipinski definition) is 3. The summed E-state index contributed by atoms with van der Waals surface area (Å²) in [6, 6.07) is 11.0. The minimum Gasteiger partial charge on any atom is -0.469 e. The second-order valence-electron chi connectivity index (χ2n) is 5.74. The molecular formula is C17H19N3O. The fourth-order valence-corrected chi connectivity index (χ4v) is 2.93. The summed E-state index contributed by atoms with van der Waals surface area (Å²) in [7, 11) is 0. The van der Waals surface area contributed by atoms with Crippen molar-refractivity contribution in [3.8, 4) is 0 Å². The zero-order chi connectivity index (χ0) is 14.2. The highest BCUT2D eigenvalue weighted by Gasteiger charge is 2.28. The van der Waals surface area contributed by atoms with Crippen LogP contribution in [0.2, 0.25) is 0 Å². The summed E-state index contributed by atoms with van der Waals surface area (Å²) in [5.74, 6) is 2.19. The molecule has 0 unspecified atom stereocenters. The number of fused-ring (bicyclic) bond motifs is 1. The Bertz CT molecular complexity index is 754. The first-order valence-corrected chi connectivity index (χ1v) is 7.57. The molecule has 4 nitrogen and oxygen atoms in total. The van der Waals surface area contributed by atoms with Crippen molar-refractivity contribution in [1.29, 1.82) is 0 Å². The SMILES string of the molecule is NCc1ccc2c(c1)nc(CCc1ccco1)n2C1CC1. The van der Waals surface area contributed by atoms with Crippen LogP contribution in [0.1, 0.15) is 36.0 Å². The minimum absolute atomic E-state index is 0.563. The smallest absolute Gasteiger partial charge is 0.110 e. The molecule has 2 aromatic heterocycles. The predicted molar refractivity (Wildman–Crippen MR) is 82.0 cm³/mol. The second-order valence-corrected chi connectivity index (χ2v) is 5.74. The van der Waals surface area contributed by atoms with Gasteiger partial charge in [-0.1, -0.05) is 6.07 Å². The van der Waals surface area contributed by atoms with Gasteiger partial charge in [0.05, 0.1) is 17.3 Å². The van der Waals surface area contributed by atoms with Crippen molar-refractivity contribution >= 4 is 11.0 Å². The van der Waals surface area contributed by atoms with Gasteiger partial charge in [-0.3, -0.25) is 0 Å². The van der Waals surface area contributed by atoms with Gasteiger partial charge in [-0.05, 0) is 42.7 Å². The highest BCUT2D eigenvalue weighted by atomic mass is 16.3. The molecule has 1 saturated carbocycles. The van der Waals surface area contributed by atoms with Crippen LogP contribution >= 0.6 is 0 Å². The first-order chi connectivity index (χ1) is 10.3. The molecule has 0 bridgehead atoms. The Balaban J connectivity index is 1.70. The van der Waals surface area contributed by atoms with E-state index < -0.39 is 0 Å². The molecule has 1 aliphatic rings. The molecule has 1 aromatic carbocycles. The maximum Gasteiger partial charge on any atom is 0.110 e. The van der Waals surface area contributed by atoms with E-state index in [1.807, 2.05) is 12.1 Å². The van der Waals surface area contributed by atoms with E-state index >= 15 is 0 Å². The molecule has 0 aliphatic heterocycles.